The molecule has 180 valence electrons. The number of rotatable bonds is 7. The van der Waals surface area contributed by atoms with Crippen LogP contribution in [0.25, 0.3) is 38.4 Å². The number of hydrogen-bond acceptors (Lipinski definition) is 4. The van der Waals surface area contributed by atoms with Crippen LogP contribution in [0, 0.1) is 0 Å². The van der Waals surface area contributed by atoms with Crippen molar-refractivity contribution < 1.29 is 13.9 Å². The van der Waals surface area contributed by atoms with Gasteiger partial charge >= 0.3 is 0 Å². The molecule has 36 heavy (non-hydrogen) atoms. The van der Waals surface area contributed by atoms with Gasteiger partial charge in [-0.25, -0.2) is 0 Å². The Hall–Kier alpha value is -3.96. The van der Waals surface area contributed by atoms with Crippen LogP contribution in [0.5, 0.6) is 5.75 Å². The van der Waals surface area contributed by atoms with Gasteiger partial charge in [0.2, 0.25) is 5.91 Å². The Morgan fingerprint density at radius 3 is 2.58 bits per heavy atom. The molecule has 0 saturated heterocycles. The highest BCUT2D eigenvalue weighted by molar-refractivity contribution is 7.98. The van der Waals surface area contributed by atoms with Crippen molar-refractivity contribution in [2.75, 3.05) is 18.2 Å². The minimum absolute atomic E-state index is 0.182. The van der Waals surface area contributed by atoms with E-state index in [2.05, 4.69) is 41.7 Å². The predicted octanol–water partition coefficient (Wildman–Crippen LogP) is 8.42. The fraction of sp³-hybridized carbons (Fsp3) is 0.129. The number of para-hydroxylation sites is 1. The Balaban J connectivity index is 1.54. The summed E-state index contributed by atoms with van der Waals surface area (Å²) in [5.74, 6) is 0.508. The lowest BCUT2D eigenvalue weighted by atomic mass is 9.97. The normalized spacial score (nSPS) is 11.7. The molecule has 0 saturated carbocycles. The Bertz CT molecular complexity index is 1600. The number of carbonyl (C=O) groups excluding carboxylic acids is 1. The standard InChI is InChI=1S/C31H27NO3S/c1-4-34-28-18-29-25(26(19-35-29)23-14-13-21-9-5-6-10-22(21)16-23)17-24(28)20(2)15-31(33)32-27-11-7-8-12-30(27)36-3/h5-19H,4H2,1-3H3,(H,32,33)/b20-15+. The molecule has 0 radical (unpaired) electrons. The van der Waals surface area contributed by atoms with E-state index in [9.17, 15) is 4.79 Å². The second kappa shape index (κ2) is 10.3. The zero-order valence-corrected chi connectivity index (χ0v) is 21.3. The number of anilines is 1. The van der Waals surface area contributed by atoms with E-state index in [-0.39, 0.29) is 5.91 Å². The predicted molar refractivity (Wildman–Crippen MR) is 151 cm³/mol. The van der Waals surface area contributed by atoms with Crippen LogP contribution in [0.3, 0.4) is 0 Å². The number of furan rings is 1. The molecule has 5 rings (SSSR count). The molecule has 0 bridgehead atoms. The van der Waals surface area contributed by atoms with Crippen molar-refractivity contribution in [2.45, 2.75) is 18.7 Å². The summed E-state index contributed by atoms with van der Waals surface area (Å²) in [6.45, 7) is 4.39. The summed E-state index contributed by atoms with van der Waals surface area (Å²) in [6.07, 6.45) is 5.41. The Morgan fingerprint density at radius 2 is 1.78 bits per heavy atom. The van der Waals surface area contributed by atoms with Crippen LogP contribution >= 0.6 is 11.8 Å². The summed E-state index contributed by atoms with van der Waals surface area (Å²) >= 11 is 1.60. The molecule has 1 heterocycles. The molecule has 0 unspecified atom stereocenters. The van der Waals surface area contributed by atoms with E-state index in [0.29, 0.717) is 12.4 Å². The molecule has 1 amide bonds. The first kappa shape index (κ1) is 23.8. The zero-order chi connectivity index (χ0) is 25.1. The second-order valence-electron chi connectivity index (χ2n) is 8.51. The largest absolute Gasteiger partial charge is 0.493 e. The maximum Gasteiger partial charge on any atom is 0.248 e. The topological polar surface area (TPSA) is 51.5 Å². The van der Waals surface area contributed by atoms with E-state index >= 15 is 0 Å². The lowest BCUT2D eigenvalue weighted by Gasteiger charge is -2.12. The second-order valence-corrected chi connectivity index (χ2v) is 9.35. The molecule has 5 heteroatoms. The van der Waals surface area contributed by atoms with Crippen LogP contribution in [-0.2, 0) is 4.79 Å². The average molecular weight is 494 g/mol. The van der Waals surface area contributed by atoms with E-state index < -0.39 is 0 Å². The SMILES string of the molecule is CCOc1cc2occ(-c3ccc4ccccc4c3)c2cc1/C(C)=C/C(=O)Nc1ccccc1SC. The molecule has 0 atom stereocenters. The summed E-state index contributed by atoms with van der Waals surface area (Å²) in [6, 6.07) is 26.5. The number of nitrogens with one attached hydrogen (secondary N) is 1. The van der Waals surface area contributed by atoms with Gasteiger partial charge in [-0.15, -0.1) is 11.8 Å². The maximum atomic E-state index is 12.9. The third kappa shape index (κ3) is 4.75. The van der Waals surface area contributed by atoms with Gasteiger partial charge in [0.15, 0.2) is 0 Å². The Morgan fingerprint density at radius 1 is 1.00 bits per heavy atom. The first-order chi connectivity index (χ1) is 17.6. The Labute approximate surface area is 215 Å². The lowest BCUT2D eigenvalue weighted by molar-refractivity contribution is -0.111. The minimum atomic E-state index is -0.182. The monoisotopic (exact) mass is 493 g/mol. The van der Waals surface area contributed by atoms with Crippen molar-refractivity contribution in [3.8, 4) is 16.9 Å². The average Bonchev–Trinajstić information content (AvgIpc) is 3.31. The molecule has 4 aromatic carbocycles. The van der Waals surface area contributed by atoms with Crippen molar-refractivity contribution in [3.63, 3.8) is 0 Å². The minimum Gasteiger partial charge on any atom is -0.493 e. The summed E-state index contributed by atoms with van der Waals surface area (Å²) in [7, 11) is 0. The van der Waals surface area contributed by atoms with Gasteiger partial charge in [0.1, 0.15) is 11.3 Å². The number of allylic oxidation sites excluding steroid dienone is 1. The molecular weight excluding hydrogens is 466 g/mol. The highest BCUT2D eigenvalue weighted by Gasteiger charge is 2.16. The smallest absolute Gasteiger partial charge is 0.248 e. The van der Waals surface area contributed by atoms with Crippen molar-refractivity contribution in [2.24, 2.45) is 0 Å². The Kier molecular flexibility index (Phi) is 6.83. The molecule has 5 aromatic rings. The van der Waals surface area contributed by atoms with E-state index in [4.69, 9.17) is 9.15 Å². The van der Waals surface area contributed by atoms with Gasteiger partial charge in [-0.05, 0) is 66.3 Å². The molecule has 0 spiro atoms. The first-order valence-electron chi connectivity index (χ1n) is 11.9. The van der Waals surface area contributed by atoms with E-state index in [1.54, 1.807) is 24.1 Å². The highest BCUT2D eigenvalue weighted by atomic mass is 32.2. The van der Waals surface area contributed by atoms with Crippen molar-refractivity contribution >= 4 is 50.7 Å². The van der Waals surface area contributed by atoms with E-state index in [1.807, 2.05) is 62.6 Å². The molecule has 4 nitrogen and oxygen atoms in total. The van der Waals surface area contributed by atoms with Gasteiger partial charge in [0, 0.05) is 33.6 Å². The van der Waals surface area contributed by atoms with Gasteiger partial charge in [0.05, 0.1) is 18.6 Å². The summed E-state index contributed by atoms with van der Waals surface area (Å²) < 4.78 is 11.9. The van der Waals surface area contributed by atoms with Crippen molar-refractivity contribution in [1.82, 2.24) is 0 Å². The highest BCUT2D eigenvalue weighted by Crippen LogP contribution is 2.38. The van der Waals surface area contributed by atoms with Gasteiger partial charge in [-0.1, -0.05) is 48.5 Å². The van der Waals surface area contributed by atoms with Crippen LogP contribution < -0.4 is 10.1 Å². The third-order valence-corrected chi connectivity index (χ3v) is 6.97. The first-order valence-corrected chi connectivity index (χ1v) is 13.1. The van der Waals surface area contributed by atoms with E-state index in [1.165, 1.54) is 10.8 Å². The molecule has 0 fully saturated rings. The maximum absolute atomic E-state index is 12.9. The summed E-state index contributed by atoms with van der Waals surface area (Å²) in [4.78, 5) is 13.9. The number of carbonyl (C=O) groups is 1. The molecular formula is C31H27NO3S. The van der Waals surface area contributed by atoms with Crippen LogP contribution in [0.4, 0.5) is 5.69 Å². The number of benzene rings is 4. The molecule has 0 aliphatic heterocycles. The van der Waals surface area contributed by atoms with E-state index in [0.717, 1.165) is 43.8 Å². The van der Waals surface area contributed by atoms with Crippen molar-refractivity contribution in [3.05, 3.63) is 96.8 Å². The van der Waals surface area contributed by atoms with Gasteiger partial charge < -0.3 is 14.5 Å². The molecule has 0 aliphatic rings. The van der Waals surface area contributed by atoms with Crippen LogP contribution in [0.15, 0.2) is 101 Å². The number of fused-ring (bicyclic) bond motifs is 2. The number of thioether (sulfide) groups is 1. The molecule has 1 N–H and O–H groups in total. The summed E-state index contributed by atoms with van der Waals surface area (Å²) in [5.41, 5.74) is 5.30. The van der Waals surface area contributed by atoms with Gasteiger partial charge in [-0.2, -0.15) is 0 Å². The van der Waals surface area contributed by atoms with Crippen LogP contribution in [0.2, 0.25) is 0 Å². The quantitative estimate of drug-likeness (QED) is 0.183. The van der Waals surface area contributed by atoms with Crippen LogP contribution in [0.1, 0.15) is 19.4 Å². The fourth-order valence-electron chi connectivity index (χ4n) is 4.41. The molecule has 0 aliphatic carbocycles. The van der Waals surface area contributed by atoms with Gasteiger partial charge in [-0.3, -0.25) is 4.79 Å². The zero-order valence-electron chi connectivity index (χ0n) is 20.5. The third-order valence-electron chi connectivity index (χ3n) is 6.17. The number of amides is 1. The lowest BCUT2D eigenvalue weighted by Crippen LogP contribution is -2.09. The molecule has 1 aromatic heterocycles. The van der Waals surface area contributed by atoms with Gasteiger partial charge in [0.25, 0.3) is 0 Å². The van der Waals surface area contributed by atoms with Crippen LogP contribution in [-0.4, -0.2) is 18.8 Å². The fourth-order valence-corrected chi connectivity index (χ4v) is 4.96. The van der Waals surface area contributed by atoms with Crippen molar-refractivity contribution in [1.29, 1.82) is 0 Å². The summed E-state index contributed by atoms with van der Waals surface area (Å²) in [5, 5.41) is 6.35. The number of hydrogen-bond donors (Lipinski definition) is 1. The number of ether oxygens (including phenoxy) is 1.